The molecule has 8 heteroatoms. The average Bonchev–Trinajstić information content (AvgIpc) is 3.35. The van der Waals surface area contributed by atoms with Crippen LogP contribution in [0, 0.1) is 5.92 Å². The number of rotatable bonds is 5. The summed E-state index contributed by atoms with van der Waals surface area (Å²) in [6.07, 6.45) is 1.89. The van der Waals surface area contributed by atoms with Gasteiger partial charge in [0.2, 0.25) is 5.91 Å². The van der Waals surface area contributed by atoms with Gasteiger partial charge < -0.3 is 9.80 Å². The molecule has 0 N–H and O–H groups in total. The maximum atomic E-state index is 13.5. The SMILES string of the molecule is O=C(c1ccccc1)N1CCN(C(=O)[C@H]2CCCN(Cc3nc4ccccc4n3-c3ccc(Br)cc3)C2)CC1. The number of amides is 2. The van der Waals surface area contributed by atoms with Gasteiger partial charge in [-0.25, -0.2) is 4.98 Å². The van der Waals surface area contributed by atoms with Crippen LogP contribution in [0.15, 0.2) is 83.3 Å². The van der Waals surface area contributed by atoms with Gasteiger partial charge in [-0.05, 0) is 67.9 Å². The number of hydrogen-bond acceptors (Lipinski definition) is 4. The molecule has 2 amide bonds. The summed E-state index contributed by atoms with van der Waals surface area (Å²) in [4.78, 5) is 37.5. The van der Waals surface area contributed by atoms with Gasteiger partial charge in [0.05, 0.1) is 23.5 Å². The van der Waals surface area contributed by atoms with Gasteiger partial charge in [0.15, 0.2) is 0 Å². The molecule has 3 heterocycles. The van der Waals surface area contributed by atoms with Crippen LogP contribution in [0.4, 0.5) is 0 Å². The summed E-state index contributed by atoms with van der Waals surface area (Å²) in [7, 11) is 0. The van der Waals surface area contributed by atoms with Gasteiger partial charge >= 0.3 is 0 Å². The molecule has 2 saturated heterocycles. The minimum absolute atomic E-state index is 0.0272. The van der Waals surface area contributed by atoms with Crippen LogP contribution in [0.25, 0.3) is 16.7 Å². The fourth-order valence-corrected chi connectivity index (χ4v) is 6.08. The van der Waals surface area contributed by atoms with Crippen molar-refractivity contribution in [2.24, 2.45) is 5.92 Å². The van der Waals surface area contributed by atoms with Crippen molar-refractivity contribution in [2.75, 3.05) is 39.3 Å². The third kappa shape index (κ3) is 5.49. The lowest BCUT2D eigenvalue weighted by Gasteiger charge is -2.39. The number of fused-ring (bicyclic) bond motifs is 1. The van der Waals surface area contributed by atoms with E-state index in [2.05, 4.69) is 61.8 Å². The minimum atomic E-state index is -0.0272. The first-order chi connectivity index (χ1) is 19.1. The normalized spacial score (nSPS) is 18.4. The van der Waals surface area contributed by atoms with E-state index in [1.54, 1.807) is 0 Å². The van der Waals surface area contributed by atoms with E-state index in [0.29, 0.717) is 38.3 Å². The van der Waals surface area contributed by atoms with Crippen LogP contribution in [-0.4, -0.2) is 75.3 Å². The van der Waals surface area contributed by atoms with Crippen molar-refractivity contribution in [1.82, 2.24) is 24.3 Å². The van der Waals surface area contributed by atoms with Crippen molar-refractivity contribution in [3.8, 4) is 5.69 Å². The summed E-state index contributed by atoms with van der Waals surface area (Å²) in [5, 5.41) is 0. The molecule has 0 radical (unpaired) electrons. The van der Waals surface area contributed by atoms with Gasteiger partial charge in [0.25, 0.3) is 5.91 Å². The molecular formula is C31H32BrN5O2. The van der Waals surface area contributed by atoms with Crippen LogP contribution in [-0.2, 0) is 11.3 Å². The van der Waals surface area contributed by atoms with Crippen LogP contribution >= 0.6 is 15.9 Å². The van der Waals surface area contributed by atoms with Gasteiger partial charge in [-0.15, -0.1) is 0 Å². The van der Waals surface area contributed by atoms with Crippen LogP contribution in [0.3, 0.4) is 0 Å². The minimum Gasteiger partial charge on any atom is -0.339 e. The highest BCUT2D eigenvalue weighted by atomic mass is 79.9. The molecule has 2 aliphatic heterocycles. The number of piperazine rings is 1. The summed E-state index contributed by atoms with van der Waals surface area (Å²) in [5.41, 5.74) is 3.84. The quantitative estimate of drug-likeness (QED) is 0.331. The molecule has 39 heavy (non-hydrogen) atoms. The fourth-order valence-electron chi connectivity index (χ4n) is 5.81. The van der Waals surface area contributed by atoms with Crippen molar-refractivity contribution in [3.63, 3.8) is 0 Å². The number of benzene rings is 3. The molecule has 1 atom stereocenters. The lowest BCUT2D eigenvalue weighted by Crippen LogP contribution is -2.53. The average molecular weight is 587 g/mol. The zero-order chi connectivity index (χ0) is 26.8. The highest BCUT2D eigenvalue weighted by Gasteiger charge is 2.32. The Morgan fingerprint density at radius 2 is 1.51 bits per heavy atom. The molecule has 1 aromatic heterocycles. The van der Waals surface area contributed by atoms with E-state index in [1.807, 2.05) is 52.3 Å². The Morgan fingerprint density at radius 3 is 2.28 bits per heavy atom. The molecule has 0 saturated carbocycles. The molecular weight excluding hydrogens is 554 g/mol. The number of piperidine rings is 1. The van der Waals surface area contributed by atoms with Crippen LogP contribution in [0.1, 0.15) is 29.0 Å². The van der Waals surface area contributed by atoms with E-state index < -0.39 is 0 Å². The molecule has 0 bridgehead atoms. The number of imidazole rings is 1. The van der Waals surface area contributed by atoms with E-state index >= 15 is 0 Å². The summed E-state index contributed by atoms with van der Waals surface area (Å²) in [5.74, 6) is 1.22. The van der Waals surface area contributed by atoms with Gasteiger partial charge in [-0.3, -0.25) is 19.1 Å². The smallest absolute Gasteiger partial charge is 0.253 e. The number of carbonyl (C=O) groups excluding carboxylic acids is 2. The molecule has 4 aromatic rings. The van der Waals surface area contributed by atoms with Gasteiger partial charge in [-0.1, -0.05) is 46.3 Å². The second kappa shape index (κ2) is 11.3. The molecule has 7 nitrogen and oxygen atoms in total. The first-order valence-electron chi connectivity index (χ1n) is 13.6. The van der Waals surface area contributed by atoms with Crippen molar-refractivity contribution in [1.29, 1.82) is 0 Å². The maximum absolute atomic E-state index is 13.5. The standard InChI is InChI=1S/C31H32BrN5O2/c32-25-12-14-26(15-13-25)37-28-11-5-4-10-27(28)33-29(37)22-34-16-6-9-24(21-34)31(39)36-19-17-35(18-20-36)30(38)23-7-2-1-3-8-23/h1-5,7-8,10-15,24H,6,9,16-22H2/t24-/m0/s1. The molecule has 0 aliphatic carbocycles. The number of hydrogen-bond donors (Lipinski definition) is 0. The van der Waals surface area contributed by atoms with Crippen LogP contribution in [0.5, 0.6) is 0 Å². The van der Waals surface area contributed by atoms with Gasteiger partial charge in [0, 0.05) is 48.4 Å². The van der Waals surface area contributed by atoms with Gasteiger partial charge in [-0.2, -0.15) is 0 Å². The number of halogens is 1. The largest absolute Gasteiger partial charge is 0.339 e. The van der Waals surface area contributed by atoms with E-state index in [1.165, 1.54) is 0 Å². The number of para-hydroxylation sites is 2. The van der Waals surface area contributed by atoms with E-state index in [0.717, 1.165) is 52.9 Å². The third-order valence-corrected chi connectivity index (χ3v) is 8.36. The lowest BCUT2D eigenvalue weighted by atomic mass is 9.96. The summed E-state index contributed by atoms with van der Waals surface area (Å²) in [6, 6.07) is 25.9. The second-order valence-corrected chi connectivity index (χ2v) is 11.3. The Hall–Kier alpha value is -3.49. The van der Waals surface area contributed by atoms with Crippen molar-refractivity contribution in [3.05, 3.63) is 94.7 Å². The molecule has 200 valence electrons. The van der Waals surface area contributed by atoms with Crippen molar-refractivity contribution >= 4 is 38.8 Å². The predicted octanol–water partition coefficient (Wildman–Crippen LogP) is 4.98. The van der Waals surface area contributed by atoms with E-state index in [9.17, 15) is 9.59 Å². The highest BCUT2D eigenvalue weighted by molar-refractivity contribution is 9.10. The topological polar surface area (TPSA) is 61.7 Å². The predicted molar refractivity (Wildman–Crippen MR) is 156 cm³/mol. The first kappa shape index (κ1) is 25.8. The Balaban J connectivity index is 1.12. The molecule has 0 spiro atoms. The zero-order valence-corrected chi connectivity index (χ0v) is 23.5. The van der Waals surface area contributed by atoms with Crippen molar-refractivity contribution < 1.29 is 9.59 Å². The monoisotopic (exact) mass is 585 g/mol. The molecule has 2 aliphatic rings. The summed E-state index contributed by atoms with van der Waals surface area (Å²) < 4.78 is 3.27. The molecule has 2 fully saturated rings. The summed E-state index contributed by atoms with van der Waals surface area (Å²) in [6.45, 7) is 4.70. The van der Waals surface area contributed by atoms with Crippen LogP contribution < -0.4 is 0 Å². The Labute approximate surface area is 237 Å². The van der Waals surface area contributed by atoms with Gasteiger partial charge in [0.1, 0.15) is 5.82 Å². The molecule has 0 unspecified atom stereocenters. The molecule has 6 rings (SSSR count). The molecule has 3 aromatic carbocycles. The fraction of sp³-hybridized carbons (Fsp3) is 0.323. The van der Waals surface area contributed by atoms with E-state index in [4.69, 9.17) is 4.98 Å². The first-order valence-corrected chi connectivity index (χ1v) is 14.4. The Morgan fingerprint density at radius 1 is 0.821 bits per heavy atom. The Kier molecular flexibility index (Phi) is 7.48. The maximum Gasteiger partial charge on any atom is 0.253 e. The zero-order valence-electron chi connectivity index (χ0n) is 21.9. The number of aromatic nitrogens is 2. The van der Waals surface area contributed by atoms with Crippen molar-refractivity contribution in [2.45, 2.75) is 19.4 Å². The highest BCUT2D eigenvalue weighted by Crippen LogP contribution is 2.26. The second-order valence-electron chi connectivity index (χ2n) is 10.4. The number of likely N-dealkylation sites (tertiary alicyclic amines) is 1. The number of carbonyl (C=O) groups is 2. The van der Waals surface area contributed by atoms with Crippen LogP contribution in [0.2, 0.25) is 0 Å². The summed E-state index contributed by atoms with van der Waals surface area (Å²) >= 11 is 3.54. The third-order valence-electron chi connectivity index (χ3n) is 7.83. The Bertz CT molecular complexity index is 1460. The lowest BCUT2D eigenvalue weighted by molar-refractivity contribution is -0.139. The number of nitrogens with zero attached hydrogens (tertiary/aromatic N) is 5. The van der Waals surface area contributed by atoms with E-state index in [-0.39, 0.29) is 17.7 Å².